The molecule has 0 spiro atoms. The molecular weight excluding hydrogens is 430 g/mol. The molecule has 2 N–H and O–H groups in total. The van der Waals surface area contributed by atoms with Gasteiger partial charge in [0.2, 0.25) is 5.91 Å². The minimum atomic E-state index is -0.463. The molecule has 1 aliphatic rings. The maximum absolute atomic E-state index is 12.8. The second-order valence-corrected chi connectivity index (χ2v) is 9.71. The van der Waals surface area contributed by atoms with Gasteiger partial charge in [0.05, 0.1) is 18.4 Å². The molecule has 3 rings (SSSR count). The number of nitrogens with one attached hydrogen (secondary N) is 2. The second kappa shape index (κ2) is 10.7. The Morgan fingerprint density at radius 3 is 2.41 bits per heavy atom. The molecule has 1 aliphatic heterocycles. The molecule has 0 aliphatic carbocycles. The number of hydrogen-bond donors (Lipinski definition) is 2. The van der Waals surface area contributed by atoms with Crippen LogP contribution in [0.25, 0.3) is 0 Å². The van der Waals surface area contributed by atoms with Crippen LogP contribution in [0.1, 0.15) is 73.2 Å². The van der Waals surface area contributed by atoms with E-state index >= 15 is 0 Å². The number of esters is 1. The normalized spacial score (nSPS) is 16.0. The molecule has 182 valence electrons. The lowest BCUT2D eigenvalue weighted by Crippen LogP contribution is -2.45. The molecule has 2 amide bonds. The first-order chi connectivity index (χ1) is 16.1. The average molecular weight is 466 g/mol. The van der Waals surface area contributed by atoms with Crippen LogP contribution in [0.5, 0.6) is 0 Å². The zero-order chi connectivity index (χ0) is 24.9. The van der Waals surface area contributed by atoms with Crippen LogP contribution in [0.4, 0.5) is 11.4 Å². The average Bonchev–Trinajstić information content (AvgIpc) is 2.83. The lowest BCUT2D eigenvalue weighted by Gasteiger charge is -2.34. The zero-order valence-corrected chi connectivity index (χ0v) is 20.7. The standard InChI is InChI=1S/C27H35N3O4/c1-6-24(31)30-15-7-8-21(17-30)28-23-16-20(13-14-22(23)26(33)34-5)29-25(32)18-9-11-19(12-10-18)27(2,3)4/h9-14,16,21,28H,6-8,15,17H2,1-5H3,(H,29,32). The molecule has 0 aromatic heterocycles. The topological polar surface area (TPSA) is 87.7 Å². The van der Waals surface area contributed by atoms with Crippen LogP contribution in [-0.2, 0) is 14.9 Å². The summed E-state index contributed by atoms with van der Waals surface area (Å²) < 4.78 is 4.94. The molecule has 0 radical (unpaired) electrons. The summed E-state index contributed by atoms with van der Waals surface area (Å²) >= 11 is 0. The highest BCUT2D eigenvalue weighted by Gasteiger charge is 2.24. The summed E-state index contributed by atoms with van der Waals surface area (Å²) in [5.41, 5.74) is 3.24. The van der Waals surface area contributed by atoms with Crippen molar-refractivity contribution >= 4 is 29.2 Å². The minimum absolute atomic E-state index is 0.00329. The monoisotopic (exact) mass is 465 g/mol. The van der Waals surface area contributed by atoms with Crippen molar-refractivity contribution in [2.75, 3.05) is 30.8 Å². The summed E-state index contributed by atoms with van der Waals surface area (Å²) in [6.07, 6.45) is 2.24. The molecular formula is C27H35N3O4. The van der Waals surface area contributed by atoms with Gasteiger partial charge < -0.3 is 20.3 Å². The quantitative estimate of drug-likeness (QED) is 0.597. The Morgan fingerprint density at radius 1 is 1.09 bits per heavy atom. The number of anilines is 2. The first kappa shape index (κ1) is 25.3. The first-order valence-electron chi connectivity index (χ1n) is 11.8. The van der Waals surface area contributed by atoms with Gasteiger partial charge in [0.25, 0.3) is 5.91 Å². The third-order valence-electron chi connectivity index (χ3n) is 6.13. The zero-order valence-electron chi connectivity index (χ0n) is 20.7. The Hall–Kier alpha value is -3.35. The van der Waals surface area contributed by atoms with Gasteiger partial charge in [-0.3, -0.25) is 9.59 Å². The maximum atomic E-state index is 12.8. The van der Waals surface area contributed by atoms with Gasteiger partial charge in [0.15, 0.2) is 0 Å². The number of benzene rings is 2. The SMILES string of the molecule is CCC(=O)N1CCCC(Nc2cc(NC(=O)c3ccc(C(C)(C)C)cc3)ccc2C(=O)OC)C1. The highest BCUT2D eigenvalue weighted by atomic mass is 16.5. The van der Waals surface area contributed by atoms with E-state index in [1.165, 1.54) is 7.11 Å². The number of methoxy groups -OCH3 is 1. The molecule has 7 heteroatoms. The molecule has 1 unspecified atom stereocenters. The molecule has 7 nitrogen and oxygen atoms in total. The number of hydrogen-bond acceptors (Lipinski definition) is 5. The van der Waals surface area contributed by atoms with E-state index < -0.39 is 5.97 Å². The molecule has 34 heavy (non-hydrogen) atoms. The van der Waals surface area contributed by atoms with Crippen molar-refractivity contribution in [1.29, 1.82) is 0 Å². The van der Waals surface area contributed by atoms with Gasteiger partial charge in [-0.25, -0.2) is 4.79 Å². The lowest BCUT2D eigenvalue weighted by molar-refractivity contribution is -0.131. The van der Waals surface area contributed by atoms with Crippen LogP contribution in [0, 0.1) is 0 Å². The van der Waals surface area contributed by atoms with E-state index in [9.17, 15) is 14.4 Å². The van der Waals surface area contributed by atoms with Crippen molar-refractivity contribution in [3.05, 3.63) is 59.2 Å². The van der Waals surface area contributed by atoms with E-state index in [4.69, 9.17) is 4.74 Å². The minimum Gasteiger partial charge on any atom is -0.465 e. The first-order valence-corrected chi connectivity index (χ1v) is 11.8. The summed E-state index contributed by atoms with van der Waals surface area (Å²) in [6, 6.07) is 12.6. The predicted octanol–water partition coefficient (Wildman–Crippen LogP) is 4.84. The van der Waals surface area contributed by atoms with Gasteiger partial charge in [0.1, 0.15) is 0 Å². The van der Waals surface area contributed by atoms with Crippen molar-refractivity contribution < 1.29 is 19.1 Å². The number of likely N-dealkylation sites (tertiary alicyclic amines) is 1. The molecule has 1 saturated heterocycles. The third kappa shape index (κ3) is 6.16. The van der Waals surface area contributed by atoms with Crippen molar-refractivity contribution in [3.8, 4) is 0 Å². The lowest BCUT2D eigenvalue weighted by atomic mass is 9.87. The number of amides is 2. The van der Waals surface area contributed by atoms with E-state index in [-0.39, 0.29) is 23.3 Å². The van der Waals surface area contributed by atoms with Gasteiger partial charge in [-0.1, -0.05) is 39.8 Å². The molecule has 0 bridgehead atoms. The van der Waals surface area contributed by atoms with Crippen LogP contribution in [0.3, 0.4) is 0 Å². The van der Waals surface area contributed by atoms with Crippen molar-refractivity contribution in [3.63, 3.8) is 0 Å². The number of ether oxygens (including phenoxy) is 1. The van der Waals surface area contributed by atoms with Gasteiger partial charge in [-0.2, -0.15) is 0 Å². The number of rotatable bonds is 6. The van der Waals surface area contributed by atoms with Crippen molar-refractivity contribution in [1.82, 2.24) is 4.90 Å². The number of carbonyl (C=O) groups is 3. The summed E-state index contributed by atoms with van der Waals surface area (Å²) in [7, 11) is 1.34. The van der Waals surface area contributed by atoms with Gasteiger partial charge in [-0.15, -0.1) is 0 Å². The molecule has 0 saturated carbocycles. The molecule has 1 heterocycles. The fourth-order valence-electron chi connectivity index (χ4n) is 4.12. The highest BCUT2D eigenvalue weighted by Crippen LogP contribution is 2.26. The Balaban J connectivity index is 1.79. The van der Waals surface area contributed by atoms with E-state index in [0.29, 0.717) is 35.5 Å². The van der Waals surface area contributed by atoms with Crippen LogP contribution in [-0.4, -0.2) is 48.9 Å². The number of carbonyl (C=O) groups excluding carboxylic acids is 3. The van der Waals surface area contributed by atoms with E-state index in [1.54, 1.807) is 18.2 Å². The van der Waals surface area contributed by atoms with Crippen molar-refractivity contribution in [2.45, 2.75) is 58.4 Å². The Bertz CT molecular complexity index is 1040. The molecule has 2 aromatic rings. The summed E-state index contributed by atoms with van der Waals surface area (Å²) in [6.45, 7) is 9.57. The number of nitrogens with zero attached hydrogens (tertiary/aromatic N) is 1. The molecule has 1 fully saturated rings. The van der Waals surface area contributed by atoms with E-state index in [2.05, 4.69) is 31.4 Å². The predicted molar refractivity (Wildman–Crippen MR) is 134 cm³/mol. The van der Waals surface area contributed by atoms with E-state index in [1.807, 2.05) is 36.1 Å². The Labute approximate surface area is 201 Å². The Morgan fingerprint density at radius 2 is 1.79 bits per heavy atom. The fourth-order valence-corrected chi connectivity index (χ4v) is 4.12. The van der Waals surface area contributed by atoms with Crippen molar-refractivity contribution in [2.24, 2.45) is 0 Å². The Kier molecular flexibility index (Phi) is 7.97. The van der Waals surface area contributed by atoms with Gasteiger partial charge in [-0.05, 0) is 54.2 Å². The van der Waals surface area contributed by atoms with Crippen LogP contribution >= 0.6 is 0 Å². The highest BCUT2D eigenvalue weighted by molar-refractivity contribution is 6.05. The smallest absolute Gasteiger partial charge is 0.339 e. The molecule has 1 atom stereocenters. The summed E-state index contributed by atoms with van der Waals surface area (Å²) in [5, 5.41) is 6.32. The van der Waals surface area contributed by atoms with Crippen LogP contribution in [0.15, 0.2) is 42.5 Å². The van der Waals surface area contributed by atoms with Gasteiger partial charge >= 0.3 is 5.97 Å². The van der Waals surface area contributed by atoms with Gasteiger partial charge in [0, 0.05) is 36.8 Å². The second-order valence-electron chi connectivity index (χ2n) is 9.71. The van der Waals surface area contributed by atoms with Crippen LogP contribution in [0.2, 0.25) is 0 Å². The maximum Gasteiger partial charge on any atom is 0.339 e. The fraction of sp³-hybridized carbons (Fsp3) is 0.444. The summed E-state index contributed by atoms with van der Waals surface area (Å²) in [4.78, 5) is 39.2. The largest absolute Gasteiger partial charge is 0.465 e. The summed E-state index contributed by atoms with van der Waals surface area (Å²) in [5.74, 6) is -0.566. The number of piperidine rings is 1. The third-order valence-corrected chi connectivity index (χ3v) is 6.13. The molecule has 2 aromatic carbocycles. The van der Waals surface area contributed by atoms with Crippen LogP contribution < -0.4 is 10.6 Å². The van der Waals surface area contributed by atoms with E-state index in [0.717, 1.165) is 24.9 Å².